The number of fused-ring (bicyclic) bond motifs is 1. The van der Waals surface area contributed by atoms with Crippen molar-refractivity contribution in [3.8, 4) is 11.5 Å². The predicted molar refractivity (Wildman–Crippen MR) is 116 cm³/mol. The van der Waals surface area contributed by atoms with Crippen molar-refractivity contribution >= 4 is 28.9 Å². The van der Waals surface area contributed by atoms with Gasteiger partial charge in [-0.25, -0.2) is 13.6 Å². The number of ether oxygens (including phenoxy) is 2. The second kappa shape index (κ2) is 8.55. The van der Waals surface area contributed by atoms with Crippen molar-refractivity contribution < 1.29 is 28.2 Å². The Hall–Kier alpha value is -3.52. The molecular formula is C23H19ClF2N2O4. The van der Waals surface area contributed by atoms with E-state index in [1.807, 2.05) is 0 Å². The van der Waals surface area contributed by atoms with Crippen LogP contribution in [0, 0.1) is 11.6 Å². The first-order valence-electron chi connectivity index (χ1n) is 9.62. The molecule has 0 fully saturated rings. The number of aromatic hydroxyl groups is 1. The summed E-state index contributed by atoms with van der Waals surface area (Å²) in [5.41, 5.74) is 0.877. The number of phenolic OH excluding ortho intramolecular Hbond substituents is 1. The van der Waals surface area contributed by atoms with Crippen LogP contribution in [0.5, 0.6) is 11.5 Å². The van der Waals surface area contributed by atoms with Gasteiger partial charge in [0.25, 0.3) is 0 Å². The Balaban J connectivity index is 1.66. The van der Waals surface area contributed by atoms with Gasteiger partial charge in [0.1, 0.15) is 17.2 Å². The third-order valence-electron chi connectivity index (χ3n) is 5.15. The van der Waals surface area contributed by atoms with E-state index in [4.69, 9.17) is 16.3 Å². The molecule has 3 aromatic carbocycles. The summed E-state index contributed by atoms with van der Waals surface area (Å²) in [6, 6.07) is 13.7. The first kappa shape index (κ1) is 21.7. The van der Waals surface area contributed by atoms with Crippen LogP contribution in [0.2, 0.25) is 5.02 Å². The molecule has 4 rings (SSSR count). The largest absolute Gasteiger partial charge is 0.507 e. The molecule has 3 aromatic rings. The van der Waals surface area contributed by atoms with Gasteiger partial charge in [0, 0.05) is 29.1 Å². The predicted octanol–water partition coefficient (Wildman–Crippen LogP) is 4.81. The number of halogens is 3. The van der Waals surface area contributed by atoms with E-state index < -0.39 is 23.3 Å². The van der Waals surface area contributed by atoms with Gasteiger partial charge in [-0.3, -0.25) is 0 Å². The van der Waals surface area contributed by atoms with E-state index in [-0.39, 0.29) is 18.8 Å². The Labute approximate surface area is 187 Å². The van der Waals surface area contributed by atoms with E-state index in [1.54, 1.807) is 36.4 Å². The van der Waals surface area contributed by atoms with E-state index in [0.29, 0.717) is 27.7 Å². The van der Waals surface area contributed by atoms with Gasteiger partial charge in [-0.2, -0.15) is 0 Å². The number of methoxy groups -OCH3 is 1. The van der Waals surface area contributed by atoms with E-state index in [2.05, 4.69) is 15.4 Å². The molecule has 9 heteroatoms. The summed E-state index contributed by atoms with van der Waals surface area (Å²) in [6.45, 7) is -0.214. The van der Waals surface area contributed by atoms with Gasteiger partial charge >= 0.3 is 5.97 Å². The monoisotopic (exact) mass is 460 g/mol. The quantitative estimate of drug-likeness (QED) is 0.458. The summed E-state index contributed by atoms with van der Waals surface area (Å²) in [5, 5.41) is 17.3. The summed E-state index contributed by atoms with van der Waals surface area (Å²) in [5.74, 6) is -2.07. The summed E-state index contributed by atoms with van der Waals surface area (Å²) in [7, 11) is 1.28. The van der Waals surface area contributed by atoms with E-state index in [1.165, 1.54) is 13.2 Å². The molecule has 0 aromatic heterocycles. The Morgan fingerprint density at radius 3 is 2.22 bits per heavy atom. The minimum atomic E-state index is -1.11. The number of carbonyl (C=O) groups is 1. The lowest BCUT2D eigenvalue weighted by molar-refractivity contribution is -0.142. The van der Waals surface area contributed by atoms with Crippen molar-refractivity contribution in [2.24, 2.45) is 0 Å². The third kappa shape index (κ3) is 4.27. The lowest BCUT2D eigenvalue weighted by Crippen LogP contribution is -2.41. The fraction of sp³-hybridized carbons (Fsp3) is 0.174. The SMILES string of the molecule is COC(=O)COc1ccc(CC2(c3ccc(Cl)cc3O)Nc3cc(F)c(F)cc3N2)cc1. The summed E-state index contributed by atoms with van der Waals surface area (Å²) < 4.78 is 37.6. The topological polar surface area (TPSA) is 79.8 Å². The fourth-order valence-corrected chi connectivity index (χ4v) is 3.81. The maximum atomic E-state index is 13.8. The smallest absolute Gasteiger partial charge is 0.343 e. The van der Waals surface area contributed by atoms with Crippen LogP contribution in [0.3, 0.4) is 0 Å². The Morgan fingerprint density at radius 2 is 1.66 bits per heavy atom. The second-order valence-electron chi connectivity index (χ2n) is 7.31. The van der Waals surface area contributed by atoms with Crippen molar-refractivity contribution in [2.75, 3.05) is 24.4 Å². The molecule has 0 radical (unpaired) electrons. The zero-order chi connectivity index (χ0) is 22.9. The van der Waals surface area contributed by atoms with Crippen molar-refractivity contribution in [2.45, 2.75) is 12.1 Å². The first-order chi connectivity index (χ1) is 15.3. The normalized spacial score (nSPS) is 13.6. The number of anilines is 2. The van der Waals surface area contributed by atoms with Crippen molar-refractivity contribution in [1.82, 2.24) is 0 Å². The molecule has 3 N–H and O–H groups in total. The highest BCUT2D eigenvalue weighted by atomic mass is 35.5. The van der Waals surface area contributed by atoms with E-state index >= 15 is 0 Å². The molecule has 0 saturated carbocycles. The number of benzene rings is 3. The minimum absolute atomic E-state index is 0.0794. The van der Waals surface area contributed by atoms with Gasteiger partial charge in [-0.1, -0.05) is 23.7 Å². The number of hydrogen-bond donors (Lipinski definition) is 3. The van der Waals surface area contributed by atoms with Crippen molar-refractivity contribution in [3.63, 3.8) is 0 Å². The number of nitrogens with one attached hydrogen (secondary N) is 2. The molecule has 32 heavy (non-hydrogen) atoms. The maximum Gasteiger partial charge on any atom is 0.343 e. The van der Waals surface area contributed by atoms with Gasteiger partial charge in [-0.15, -0.1) is 0 Å². The maximum absolute atomic E-state index is 13.8. The molecule has 0 saturated heterocycles. The fourth-order valence-electron chi connectivity index (χ4n) is 3.64. The third-order valence-corrected chi connectivity index (χ3v) is 5.39. The van der Waals surface area contributed by atoms with Crippen LogP contribution in [-0.2, 0) is 21.6 Å². The number of phenols is 1. The molecule has 6 nitrogen and oxygen atoms in total. The summed E-state index contributed by atoms with van der Waals surface area (Å²) in [4.78, 5) is 11.2. The molecule has 166 valence electrons. The summed E-state index contributed by atoms with van der Waals surface area (Å²) >= 11 is 5.99. The van der Waals surface area contributed by atoms with Crippen LogP contribution in [-0.4, -0.2) is 24.8 Å². The molecule has 0 aliphatic carbocycles. The number of rotatable bonds is 6. The number of esters is 1. The van der Waals surface area contributed by atoms with E-state index in [0.717, 1.165) is 17.7 Å². The lowest BCUT2D eigenvalue weighted by Gasteiger charge is -2.32. The Morgan fingerprint density at radius 1 is 1.03 bits per heavy atom. The molecule has 1 aliphatic rings. The van der Waals surface area contributed by atoms with E-state index in [9.17, 15) is 18.7 Å². The second-order valence-corrected chi connectivity index (χ2v) is 7.75. The van der Waals surface area contributed by atoms with Crippen LogP contribution < -0.4 is 15.4 Å². The van der Waals surface area contributed by atoms with Crippen molar-refractivity contribution in [1.29, 1.82) is 0 Å². The summed E-state index contributed by atoms with van der Waals surface area (Å²) in [6.07, 6.45) is 0.289. The molecular weight excluding hydrogens is 442 g/mol. The Bertz CT molecular complexity index is 1140. The molecule has 0 spiro atoms. The lowest BCUT2D eigenvalue weighted by atomic mass is 9.91. The zero-order valence-corrected chi connectivity index (χ0v) is 17.7. The highest BCUT2D eigenvalue weighted by Gasteiger charge is 2.40. The molecule has 0 bridgehead atoms. The van der Waals surface area contributed by atoms with Gasteiger partial charge in [0.2, 0.25) is 0 Å². The van der Waals surface area contributed by atoms with Gasteiger partial charge in [0.05, 0.1) is 18.5 Å². The number of carbonyl (C=O) groups excluding carboxylic acids is 1. The van der Waals surface area contributed by atoms with Crippen LogP contribution in [0.15, 0.2) is 54.6 Å². The zero-order valence-electron chi connectivity index (χ0n) is 16.9. The molecule has 0 atom stereocenters. The first-order valence-corrected chi connectivity index (χ1v) is 10.0. The molecule has 1 aliphatic heterocycles. The van der Waals surface area contributed by atoms with Crippen LogP contribution in [0.1, 0.15) is 11.1 Å². The average Bonchev–Trinajstić information content (AvgIpc) is 3.10. The molecule has 0 unspecified atom stereocenters. The number of hydrogen-bond acceptors (Lipinski definition) is 6. The van der Waals surface area contributed by atoms with Crippen LogP contribution in [0.4, 0.5) is 20.2 Å². The van der Waals surface area contributed by atoms with Crippen LogP contribution in [0.25, 0.3) is 0 Å². The van der Waals surface area contributed by atoms with Gasteiger partial charge < -0.3 is 25.2 Å². The average molecular weight is 461 g/mol. The highest BCUT2D eigenvalue weighted by Crippen LogP contribution is 2.45. The molecule has 0 amide bonds. The molecule has 1 heterocycles. The Kier molecular flexibility index (Phi) is 5.80. The van der Waals surface area contributed by atoms with Gasteiger partial charge in [0.15, 0.2) is 18.2 Å². The van der Waals surface area contributed by atoms with Crippen LogP contribution >= 0.6 is 11.6 Å². The van der Waals surface area contributed by atoms with Gasteiger partial charge in [-0.05, 0) is 35.9 Å². The minimum Gasteiger partial charge on any atom is -0.507 e. The van der Waals surface area contributed by atoms with Crippen molar-refractivity contribution in [3.05, 3.63) is 82.4 Å². The standard InChI is InChI=1S/C23H19ClF2N2O4/c1-31-22(30)12-32-15-5-2-13(3-6-15)11-23(16-7-4-14(24)8-21(16)29)27-19-9-17(25)18(26)10-20(19)28-23/h2-10,27-29H,11-12H2,1H3. The highest BCUT2D eigenvalue weighted by molar-refractivity contribution is 6.30.